The van der Waals surface area contributed by atoms with E-state index in [0.29, 0.717) is 0 Å². The zero-order valence-electron chi connectivity index (χ0n) is 11.9. The molecule has 1 aromatic heterocycles. The topological polar surface area (TPSA) is 40.2 Å². The van der Waals surface area contributed by atoms with Crippen LogP contribution in [-0.4, -0.2) is 23.6 Å². The molecule has 2 aromatic rings. The van der Waals surface area contributed by atoms with Crippen molar-refractivity contribution in [3.8, 4) is 0 Å². The Morgan fingerprint density at radius 1 is 1.29 bits per heavy atom. The fourth-order valence-corrected chi connectivity index (χ4v) is 2.35. The number of benzene rings is 1. The third-order valence-corrected chi connectivity index (χ3v) is 3.51. The summed E-state index contributed by atoms with van der Waals surface area (Å²) in [6, 6.07) is 7.81. The lowest BCUT2D eigenvalue weighted by atomic mass is 10.0. The van der Waals surface area contributed by atoms with Crippen molar-refractivity contribution >= 4 is 10.9 Å². The second-order valence-electron chi connectivity index (χ2n) is 5.03. The van der Waals surface area contributed by atoms with E-state index < -0.39 is 13.0 Å². The largest absolute Gasteiger partial charge is 0.522 e. The highest BCUT2D eigenvalue weighted by Crippen LogP contribution is 2.22. The molecule has 0 saturated carbocycles. The summed E-state index contributed by atoms with van der Waals surface area (Å²) in [7, 11) is 0. The smallest absolute Gasteiger partial charge is 0.345 e. The van der Waals surface area contributed by atoms with Crippen LogP contribution in [0.15, 0.2) is 30.5 Å². The molecule has 21 heavy (non-hydrogen) atoms. The third-order valence-electron chi connectivity index (χ3n) is 3.51. The van der Waals surface area contributed by atoms with Crippen molar-refractivity contribution in [2.75, 3.05) is 6.61 Å². The molecule has 3 nitrogen and oxygen atoms in total. The van der Waals surface area contributed by atoms with E-state index in [-0.39, 0.29) is 12.6 Å². The first-order valence-electron chi connectivity index (χ1n) is 6.93. The number of nitrogens with zero attached hydrogens (tertiary/aromatic N) is 1. The Labute approximate surface area is 121 Å². The second-order valence-corrected chi connectivity index (χ2v) is 5.03. The van der Waals surface area contributed by atoms with Gasteiger partial charge in [0.05, 0.1) is 6.61 Å². The molecule has 0 aliphatic heterocycles. The summed E-state index contributed by atoms with van der Waals surface area (Å²) in [5, 5.41) is 1.04. The van der Waals surface area contributed by atoms with Gasteiger partial charge in [-0.25, -0.2) is 0 Å². The lowest BCUT2D eigenvalue weighted by Crippen LogP contribution is -2.21. The lowest BCUT2D eigenvalue weighted by molar-refractivity contribution is -0.325. The molecule has 6 heteroatoms. The summed E-state index contributed by atoms with van der Waals surface area (Å²) in [4.78, 5) is 0. The van der Waals surface area contributed by atoms with Gasteiger partial charge in [0.1, 0.15) is 0 Å². The van der Waals surface area contributed by atoms with Crippen molar-refractivity contribution in [2.24, 2.45) is 5.73 Å². The predicted molar refractivity (Wildman–Crippen MR) is 75.9 cm³/mol. The average molecular weight is 300 g/mol. The SMILES string of the molecule is CCC(N)Cc1cccc2c1ccn2CCOC(F)(F)F. The Morgan fingerprint density at radius 2 is 2.05 bits per heavy atom. The maximum absolute atomic E-state index is 12.0. The minimum Gasteiger partial charge on any atom is -0.345 e. The van der Waals surface area contributed by atoms with Crippen molar-refractivity contribution < 1.29 is 17.9 Å². The summed E-state index contributed by atoms with van der Waals surface area (Å²) < 4.78 is 41.6. The van der Waals surface area contributed by atoms with E-state index >= 15 is 0 Å². The normalized spacial score (nSPS) is 13.8. The van der Waals surface area contributed by atoms with Crippen LogP contribution in [0.2, 0.25) is 0 Å². The van der Waals surface area contributed by atoms with Gasteiger partial charge in [0.25, 0.3) is 0 Å². The van der Waals surface area contributed by atoms with Crippen LogP contribution in [0.5, 0.6) is 0 Å². The van der Waals surface area contributed by atoms with Crippen LogP contribution in [-0.2, 0) is 17.7 Å². The van der Waals surface area contributed by atoms with Crippen LogP contribution >= 0.6 is 0 Å². The first-order valence-corrected chi connectivity index (χ1v) is 6.93. The Kier molecular flexibility index (Phi) is 4.90. The fraction of sp³-hybridized carbons (Fsp3) is 0.467. The molecule has 1 unspecified atom stereocenters. The monoisotopic (exact) mass is 300 g/mol. The Morgan fingerprint density at radius 3 is 2.71 bits per heavy atom. The summed E-state index contributed by atoms with van der Waals surface area (Å²) in [6.45, 7) is 1.79. The fourth-order valence-electron chi connectivity index (χ4n) is 2.35. The van der Waals surface area contributed by atoms with Gasteiger partial charge < -0.3 is 10.3 Å². The molecule has 2 rings (SSSR count). The van der Waals surface area contributed by atoms with Crippen LogP contribution in [0.1, 0.15) is 18.9 Å². The van der Waals surface area contributed by atoms with Gasteiger partial charge in [0.15, 0.2) is 0 Å². The van der Waals surface area contributed by atoms with Crippen LogP contribution in [0.3, 0.4) is 0 Å². The Hall–Kier alpha value is -1.53. The molecule has 1 heterocycles. The Balaban J connectivity index is 2.14. The molecule has 0 amide bonds. The summed E-state index contributed by atoms with van der Waals surface area (Å²) in [6.07, 6.45) is -1.15. The maximum atomic E-state index is 12.0. The van der Waals surface area contributed by atoms with E-state index in [2.05, 4.69) is 4.74 Å². The van der Waals surface area contributed by atoms with E-state index in [1.54, 1.807) is 10.8 Å². The first-order chi connectivity index (χ1) is 9.90. The molecular weight excluding hydrogens is 281 g/mol. The number of halogens is 3. The van der Waals surface area contributed by atoms with Crippen molar-refractivity contribution in [3.63, 3.8) is 0 Å². The summed E-state index contributed by atoms with van der Waals surface area (Å²) in [5.74, 6) is 0. The summed E-state index contributed by atoms with van der Waals surface area (Å²) >= 11 is 0. The molecule has 1 aromatic carbocycles. The molecular formula is C15H19F3N2O. The highest BCUT2D eigenvalue weighted by Gasteiger charge is 2.28. The zero-order valence-corrected chi connectivity index (χ0v) is 11.9. The number of fused-ring (bicyclic) bond motifs is 1. The maximum Gasteiger partial charge on any atom is 0.522 e. The molecule has 0 aliphatic rings. The number of hydrogen-bond donors (Lipinski definition) is 1. The quantitative estimate of drug-likeness (QED) is 0.887. The third kappa shape index (κ3) is 4.22. The molecule has 0 spiro atoms. The van der Waals surface area contributed by atoms with Gasteiger partial charge in [-0.3, -0.25) is 4.74 Å². The number of aromatic nitrogens is 1. The molecule has 2 N–H and O–H groups in total. The zero-order chi connectivity index (χ0) is 15.5. The Bertz CT molecular complexity index is 592. The van der Waals surface area contributed by atoms with Gasteiger partial charge in [-0.2, -0.15) is 0 Å². The molecule has 1 atom stereocenters. The van der Waals surface area contributed by atoms with Gasteiger partial charge in [-0.05, 0) is 30.5 Å². The van der Waals surface area contributed by atoms with Gasteiger partial charge in [-0.15, -0.1) is 13.2 Å². The number of hydrogen-bond acceptors (Lipinski definition) is 2. The first kappa shape index (κ1) is 15.9. The lowest BCUT2D eigenvalue weighted by Gasteiger charge is -2.11. The van der Waals surface area contributed by atoms with Gasteiger partial charge in [0.2, 0.25) is 0 Å². The molecule has 0 bridgehead atoms. The van der Waals surface area contributed by atoms with Crippen LogP contribution in [0.4, 0.5) is 13.2 Å². The number of nitrogens with two attached hydrogens (primary N) is 1. The van der Waals surface area contributed by atoms with Gasteiger partial charge in [0, 0.05) is 29.7 Å². The summed E-state index contributed by atoms with van der Waals surface area (Å²) in [5.41, 5.74) is 8.01. The van der Waals surface area contributed by atoms with Crippen molar-refractivity contribution in [3.05, 3.63) is 36.0 Å². The van der Waals surface area contributed by atoms with Crippen molar-refractivity contribution in [2.45, 2.75) is 38.7 Å². The number of ether oxygens (including phenoxy) is 1. The molecule has 0 radical (unpaired) electrons. The van der Waals surface area contributed by atoms with E-state index in [1.165, 1.54) is 0 Å². The predicted octanol–water partition coefficient (Wildman–Crippen LogP) is 3.46. The van der Waals surface area contributed by atoms with Crippen LogP contribution in [0.25, 0.3) is 10.9 Å². The van der Waals surface area contributed by atoms with E-state index in [9.17, 15) is 13.2 Å². The number of alkyl halides is 3. The minimum atomic E-state index is -4.58. The number of rotatable bonds is 6. The minimum absolute atomic E-state index is 0.0903. The van der Waals surface area contributed by atoms with Crippen molar-refractivity contribution in [1.29, 1.82) is 0 Å². The van der Waals surface area contributed by atoms with Gasteiger partial charge >= 0.3 is 6.36 Å². The highest BCUT2D eigenvalue weighted by atomic mass is 19.4. The van der Waals surface area contributed by atoms with Crippen LogP contribution in [0, 0.1) is 0 Å². The van der Waals surface area contributed by atoms with Crippen LogP contribution < -0.4 is 5.73 Å². The van der Waals surface area contributed by atoms with Crippen molar-refractivity contribution in [1.82, 2.24) is 4.57 Å². The standard InChI is InChI=1S/C15H19F3N2O/c1-2-12(19)10-11-4-3-5-14-13(11)6-7-20(14)8-9-21-15(16,17)18/h3-7,12H,2,8-10,19H2,1H3. The molecule has 0 aliphatic carbocycles. The van der Waals surface area contributed by atoms with E-state index in [0.717, 1.165) is 29.3 Å². The average Bonchev–Trinajstić information content (AvgIpc) is 2.82. The highest BCUT2D eigenvalue weighted by molar-refractivity contribution is 5.83. The van der Waals surface area contributed by atoms with E-state index in [4.69, 9.17) is 5.73 Å². The molecule has 116 valence electrons. The molecule has 0 saturated heterocycles. The van der Waals surface area contributed by atoms with Gasteiger partial charge in [-0.1, -0.05) is 19.1 Å². The van der Waals surface area contributed by atoms with E-state index in [1.807, 2.05) is 31.2 Å². The second kappa shape index (κ2) is 6.49. The molecule has 0 fully saturated rings.